The van der Waals surface area contributed by atoms with Gasteiger partial charge in [-0.15, -0.1) is 0 Å². The first-order valence-corrected chi connectivity index (χ1v) is 5.82. The minimum Gasteiger partial charge on any atom is -0.477 e. The van der Waals surface area contributed by atoms with Crippen LogP contribution in [0.25, 0.3) is 11.1 Å². The van der Waals surface area contributed by atoms with Crippen LogP contribution >= 0.6 is 11.6 Å². The molecule has 2 aromatic rings. The standard InChI is InChI=1S/C14H9ClN2O2/c1-8-9(7-16)3-2-4-10(8)11-5-6-12(14(18)19)17-13(11)15/h2-6H,1H3,(H,18,19). The fourth-order valence-corrected chi connectivity index (χ4v) is 2.06. The smallest absolute Gasteiger partial charge is 0.354 e. The zero-order valence-corrected chi connectivity index (χ0v) is 10.8. The van der Waals surface area contributed by atoms with Gasteiger partial charge in [-0.25, -0.2) is 9.78 Å². The molecule has 94 valence electrons. The summed E-state index contributed by atoms with van der Waals surface area (Å²) in [6.07, 6.45) is 0. The van der Waals surface area contributed by atoms with Gasteiger partial charge in [-0.2, -0.15) is 5.26 Å². The molecule has 1 aromatic carbocycles. The van der Waals surface area contributed by atoms with Crippen LogP contribution in [0, 0.1) is 18.3 Å². The minimum atomic E-state index is -1.13. The fraction of sp³-hybridized carbons (Fsp3) is 0.0714. The Morgan fingerprint density at radius 1 is 1.32 bits per heavy atom. The van der Waals surface area contributed by atoms with E-state index in [1.54, 1.807) is 18.2 Å². The molecule has 0 radical (unpaired) electrons. The number of benzene rings is 1. The summed E-state index contributed by atoms with van der Waals surface area (Å²) >= 11 is 6.02. The summed E-state index contributed by atoms with van der Waals surface area (Å²) in [5, 5.41) is 18.0. The number of carboxylic acids is 1. The second kappa shape index (κ2) is 5.09. The lowest BCUT2D eigenvalue weighted by molar-refractivity contribution is 0.0690. The second-order valence-corrected chi connectivity index (χ2v) is 4.29. The molecule has 1 heterocycles. The summed E-state index contributed by atoms with van der Waals surface area (Å²) in [7, 11) is 0. The summed E-state index contributed by atoms with van der Waals surface area (Å²) in [6.45, 7) is 1.81. The first-order chi connectivity index (χ1) is 9.04. The van der Waals surface area contributed by atoms with Gasteiger partial charge in [0.05, 0.1) is 11.6 Å². The van der Waals surface area contributed by atoms with E-state index in [2.05, 4.69) is 11.1 Å². The molecule has 0 amide bonds. The number of aromatic carboxylic acids is 1. The third-order valence-corrected chi connectivity index (χ3v) is 3.10. The van der Waals surface area contributed by atoms with Gasteiger partial charge in [-0.1, -0.05) is 23.7 Å². The zero-order chi connectivity index (χ0) is 14.0. The average molecular weight is 273 g/mol. The molecule has 0 bridgehead atoms. The molecule has 0 saturated heterocycles. The van der Waals surface area contributed by atoms with E-state index >= 15 is 0 Å². The molecule has 0 aliphatic carbocycles. The highest BCUT2D eigenvalue weighted by atomic mass is 35.5. The van der Waals surface area contributed by atoms with Crippen molar-refractivity contribution in [2.45, 2.75) is 6.92 Å². The fourth-order valence-electron chi connectivity index (χ4n) is 1.80. The van der Waals surface area contributed by atoms with Gasteiger partial charge in [-0.3, -0.25) is 0 Å². The lowest BCUT2D eigenvalue weighted by Gasteiger charge is -2.09. The van der Waals surface area contributed by atoms with E-state index in [-0.39, 0.29) is 10.8 Å². The Labute approximate surface area is 114 Å². The maximum Gasteiger partial charge on any atom is 0.354 e. The van der Waals surface area contributed by atoms with Crippen molar-refractivity contribution in [2.24, 2.45) is 0 Å². The number of aromatic nitrogens is 1. The summed E-state index contributed by atoms with van der Waals surface area (Å²) in [5.74, 6) is -1.13. The normalized spacial score (nSPS) is 9.95. The highest BCUT2D eigenvalue weighted by Crippen LogP contribution is 2.30. The molecule has 0 fully saturated rings. The van der Waals surface area contributed by atoms with Crippen LogP contribution in [0.3, 0.4) is 0 Å². The van der Waals surface area contributed by atoms with E-state index in [1.807, 2.05) is 13.0 Å². The molecule has 5 heteroatoms. The van der Waals surface area contributed by atoms with Crippen LogP contribution in [0.1, 0.15) is 21.6 Å². The molecular formula is C14H9ClN2O2. The lowest BCUT2D eigenvalue weighted by Crippen LogP contribution is -2.01. The van der Waals surface area contributed by atoms with Gasteiger partial charge in [-0.05, 0) is 36.2 Å². The number of hydrogen-bond donors (Lipinski definition) is 1. The molecule has 0 aliphatic heterocycles. The summed E-state index contributed by atoms with van der Waals surface area (Å²) in [5.41, 5.74) is 2.62. The highest BCUT2D eigenvalue weighted by molar-refractivity contribution is 6.32. The maximum absolute atomic E-state index is 10.8. The Hall–Kier alpha value is -2.38. The van der Waals surface area contributed by atoms with Crippen LogP contribution in [-0.4, -0.2) is 16.1 Å². The van der Waals surface area contributed by atoms with Crippen LogP contribution in [0.15, 0.2) is 30.3 Å². The van der Waals surface area contributed by atoms with E-state index < -0.39 is 5.97 Å². The number of carboxylic acid groups (broad SMARTS) is 1. The molecule has 1 N–H and O–H groups in total. The van der Waals surface area contributed by atoms with Crippen LogP contribution in [0.4, 0.5) is 0 Å². The van der Waals surface area contributed by atoms with Crippen molar-refractivity contribution in [3.05, 3.63) is 52.3 Å². The van der Waals surface area contributed by atoms with Crippen LogP contribution in [-0.2, 0) is 0 Å². The van der Waals surface area contributed by atoms with Crippen molar-refractivity contribution >= 4 is 17.6 Å². The Morgan fingerprint density at radius 2 is 2.05 bits per heavy atom. The molecule has 0 aliphatic rings. The lowest BCUT2D eigenvalue weighted by atomic mass is 9.98. The second-order valence-electron chi connectivity index (χ2n) is 3.93. The van der Waals surface area contributed by atoms with Gasteiger partial charge in [0.25, 0.3) is 0 Å². The van der Waals surface area contributed by atoms with Crippen LogP contribution in [0.2, 0.25) is 5.15 Å². The number of carbonyl (C=O) groups is 1. The minimum absolute atomic E-state index is 0.108. The zero-order valence-electron chi connectivity index (χ0n) is 10.0. The summed E-state index contributed by atoms with van der Waals surface area (Å²) in [6, 6.07) is 10.4. The molecule has 0 atom stereocenters. The predicted octanol–water partition coefficient (Wildman–Crippen LogP) is 3.28. The first-order valence-electron chi connectivity index (χ1n) is 5.44. The number of halogens is 1. The number of hydrogen-bond acceptors (Lipinski definition) is 3. The van der Waals surface area contributed by atoms with Crippen LogP contribution in [0.5, 0.6) is 0 Å². The van der Waals surface area contributed by atoms with Gasteiger partial charge in [0.15, 0.2) is 0 Å². The maximum atomic E-state index is 10.8. The third kappa shape index (κ3) is 2.42. The molecule has 0 unspecified atom stereocenters. The molecule has 0 saturated carbocycles. The SMILES string of the molecule is Cc1c(C#N)cccc1-c1ccc(C(=O)O)nc1Cl. The average Bonchev–Trinajstić information content (AvgIpc) is 2.39. The Morgan fingerprint density at radius 3 is 2.63 bits per heavy atom. The highest BCUT2D eigenvalue weighted by Gasteiger charge is 2.13. The van der Waals surface area contributed by atoms with E-state index in [4.69, 9.17) is 22.0 Å². The van der Waals surface area contributed by atoms with Gasteiger partial charge in [0.1, 0.15) is 10.8 Å². The molecule has 4 nitrogen and oxygen atoms in total. The Balaban J connectivity index is 2.61. The van der Waals surface area contributed by atoms with Crippen molar-refractivity contribution < 1.29 is 9.90 Å². The van der Waals surface area contributed by atoms with Crippen molar-refractivity contribution in [2.75, 3.05) is 0 Å². The largest absolute Gasteiger partial charge is 0.477 e. The Kier molecular flexibility index (Phi) is 3.50. The molecule has 1 aromatic heterocycles. The molecular weight excluding hydrogens is 264 g/mol. The van der Waals surface area contributed by atoms with Gasteiger partial charge < -0.3 is 5.11 Å². The van der Waals surface area contributed by atoms with E-state index in [0.29, 0.717) is 11.1 Å². The number of rotatable bonds is 2. The first kappa shape index (κ1) is 13.1. The van der Waals surface area contributed by atoms with E-state index in [9.17, 15) is 4.79 Å². The number of nitrogens with zero attached hydrogens (tertiary/aromatic N) is 2. The quantitative estimate of drug-likeness (QED) is 0.852. The molecule has 19 heavy (non-hydrogen) atoms. The summed E-state index contributed by atoms with van der Waals surface area (Å²) < 4.78 is 0. The summed E-state index contributed by atoms with van der Waals surface area (Å²) in [4.78, 5) is 14.6. The van der Waals surface area contributed by atoms with Gasteiger partial charge >= 0.3 is 5.97 Å². The third-order valence-electron chi connectivity index (χ3n) is 2.81. The van der Waals surface area contributed by atoms with Crippen molar-refractivity contribution in [3.63, 3.8) is 0 Å². The number of pyridine rings is 1. The monoisotopic (exact) mass is 272 g/mol. The molecule has 2 rings (SSSR count). The van der Waals surface area contributed by atoms with Crippen molar-refractivity contribution in [1.82, 2.24) is 4.98 Å². The van der Waals surface area contributed by atoms with Gasteiger partial charge in [0, 0.05) is 5.56 Å². The topological polar surface area (TPSA) is 74.0 Å². The van der Waals surface area contributed by atoms with E-state index in [1.165, 1.54) is 6.07 Å². The van der Waals surface area contributed by atoms with Crippen molar-refractivity contribution in [3.8, 4) is 17.2 Å². The number of nitriles is 1. The van der Waals surface area contributed by atoms with Crippen LogP contribution < -0.4 is 0 Å². The van der Waals surface area contributed by atoms with E-state index in [0.717, 1.165) is 11.1 Å². The van der Waals surface area contributed by atoms with Crippen molar-refractivity contribution in [1.29, 1.82) is 5.26 Å². The van der Waals surface area contributed by atoms with Gasteiger partial charge in [0.2, 0.25) is 0 Å². The Bertz CT molecular complexity index is 705. The molecule has 0 spiro atoms. The predicted molar refractivity (Wildman–Crippen MR) is 71.1 cm³/mol.